The molecule has 2 heterocycles. The molecule has 2 aromatic rings. The molecule has 0 saturated carbocycles. The number of pyridine rings is 1. The number of para-hydroxylation sites is 1. The number of rotatable bonds is 4. The first-order chi connectivity index (χ1) is 13.5. The maximum atomic E-state index is 12.7. The number of amides is 2. The van der Waals surface area contributed by atoms with Crippen molar-refractivity contribution < 1.29 is 19.1 Å². The molecule has 1 fully saturated rings. The van der Waals surface area contributed by atoms with E-state index in [1.165, 1.54) is 7.11 Å². The number of carbonyl (C=O) groups is 3. The van der Waals surface area contributed by atoms with Crippen molar-refractivity contribution in [3.05, 3.63) is 53.9 Å². The number of carbonyl (C=O) groups excluding carboxylic acids is 3. The van der Waals surface area contributed by atoms with Gasteiger partial charge >= 0.3 is 5.97 Å². The minimum atomic E-state index is -0.527. The van der Waals surface area contributed by atoms with E-state index in [2.05, 4.69) is 15.2 Å². The zero-order valence-corrected chi connectivity index (χ0v) is 15.8. The topological polar surface area (TPSA) is 91.8 Å². The lowest BCUT2D eigenvalue weighted by atomic mass is 10.1. The van der Waals surface area contributed by atoms with Gasteiger partial charge < -0.3 is 19.9 Å². The molecule has 1 saturated heterocycles. The van der Waals surface area contributed by atoms with Crippen molar-refractivity contribution in [2.75, 3.05) is 43.5 Å². The highest BCUT2D eigenvalue weighted by Gasteiger charge is 2.20. The fourth-order valence-corrected chi connectivity index (χ4v) is 3.09. The molecular weight excluding hydrogens is 360 g/mol. The zero-order valence-electron chi connectivity index (χ0n) is 15.8. The van der Waals surface area contributed by atoms with E-state index >= 15 is 0 Å². The third kappa shape index (κ3) is 4.28. The van der Waals surface area contributed by atoms with Crippen LogP contribution in [-0.4, -0.2) is 61.0 Å². The highest BCUT2D eigenvalue weighted by atomic mass is 16.5. The molecule has 0 radical (unpaired) electrons. The number of nitrogens with zero attached hydrogens (tertiary/aromatic N) is 3. The van der Waals surface area contributed by atoms with Gasteiger partial charge in [-0.3, -0.25) is 14.6 Å². The molecule has 1 aliphatic heterocycles. The lowest BCUT2D eigenvalue weighted by Crippen LogP contribution is -2.48. The van der Waals surface area contributed by atoms with E-state index in [1.54, 1.807) is 48.4 Å². The Labute approximate surface area is 163 Å². The van der Waals surface area contributed by atoms with Gasteiger partial charge in [-0.25, -0.2) is 4.79 Å². The standard InChI is InChI=1S/C20H22N4O4/c1-14(25)23-9-11-24(12-10-23)15-7-8-21-18(13-15)19(26)22-17-6-4-3-5-16(17)20(27)28-2/h3-8,13H,9-12H2,1-2H3,(H,22,26). The predicted molar refractivity (Wildman–Crippen MR) is 104 cm³/mol. The summed E-state index contributed by atoms with van der Waals surface area (Å²) in [4.78, 5) is 44.0. The van der Waals surface area contributed by atoms with E-state index in [4.69, 9.17) is 4.74 Å². The summed E-state index contributed by atoms with van der Waals surface area (Å²) in [6, 6.07) is 10.2. The minimum absolute atomic E-state index is 0.0683. The summed E-state index contributed by atoms with van der Waals surface area (Å²) in [6.45, 7) is 4.24. The van der Waals surface area contributed by atoms with Crippen LogP contribution in [0.4, 0.5) is 11.4 Å². The van der Waals surface area contributed by atoms with Gasteiger partial charge in [0.1, 0.15) is 5.69 Å². The second-order valence-corrected chi connectivity index (χ2v) is 6.38. The van der Waals surface area contributed by atoms with Crippen LogP contribution < -0.4 is 10.2 Å². The van der Waals surface area contributed by atoms with Gasteiger partial charge in [0, 0.05) is 45.0 Å². The molecule has 0 unspecified atom stereocenters. The molecular formula is C20H22N4O4. The first kappa shape index (κ1) is 19.3. The van der Waals surface area contributed by atoms with Gasteiger partial charge in [0.2, 0.25) is 5.91 Å². The molecule has 0 aliphatic carbocycles. The van der Waals surface area contributed by atoms with Gasteiger partial charge in [-0.1, -0.05) is 12.1 Å². The fraction of sp³-hybridized carbons (Fsp3) is 0.300. The van der Waals surface area contributed by atoms with Crippen molar-refractivity contribution >= 4 is 29.2 Å². The Bertz CT molecular complexity index is 891. The Balaban J connectivity index is 1.73. The summed E-state index contributed by atoms with van der Waals surface area (Å²) in [6.07, 6.45) is 1.58. The Morgan fingerprint density at radius 1 is 1.07 bits per heavy atom. The number of methoxy groups -OCH3 is 1. The second-order valence-electron chi connectivity index (χ2n) is 6.38. The van der Waals surface area contributed by atoms with Crippen LogP contribution in [0, 0.1) is 0 Å². The summed E-state index contributed by atoms with van der Waals surface area (Å²) in [7, 11) is 1.29. The Morgan fingerprint density at radius 2 is 1.79 bits per heavy atom. The quantitative estimate of drug-likeness (QED) is 0.811. The smallest absolute Gasteiger partial charge is 0.339 e. The van der Waals surface area contributed by atoms with E-state index in [0.29, 0.717) is 31.9 Å². The number of hydrogen-bond donors (Lipinski definition) is 1. The van der Waals surface area contributed by atoms with Crippen molar-refractivity contribution in [3.8, 4) is 0 Å². The van der Waals surface area contributed by atoms with Crippen LogP contribution in [0.25, 0.3) is 0 Å². The van der Waals surface area contributed by atoms with E-state index in [0.717, 1.165) is 5.69 Å². The molecule has 1 aromatic carbocycles. The van der Waals surface area contributed by atoms with Gasteiger partial charge in [0.05, 0.1) is 18.4 Å². The van der Waals surface area contributed by atoms with Crippen molar-refractivity contribution in [1.29, 1.82) is 0 Å². The third-order valence-electron chi connectivity index (χ3n) is 4.65. The van der Waals surface area contributed by atoms with E-state index in [9.17, 15) is 14.4 Å². The van der Waals surface area contributed by atoms with Crippen molar-refractivity contribution in [1.82, 2.24) is 9.88 Å². The van der Waals surface area contributed by atoms with E-state index in [-0.39, 0.29) is 17.2 Å². The Morgan fingerprint density at radius 3 is 2.46 bits per heavy atom. The van der Waals surface area contributed by atoms with Crippen LogP contribution in [0.1, 0.15) is 27.8 Å². The molecule has 3 rings (SSSR count). The van der Waals surface area contributed by atoms with E-state index in [1.807, 2.05) is 6.07 Å². The van der Waals surface area contributed by atoms with Crippen LogP contribution in [-0.2, 0) is 9.53 Å². The van der Waals surface area contributed by atoms with Crippen molar-refractivity contribution in [2.45, 2.75) is 6.92 Å². The molecule has 0 atom stereocenters. The van der Waals surface area contributed by atoms with Crippen LogP contribution in [0.15, 0.2) is 42.6 Å². The first-order valence-corrected chi connectivity index (χ1v) is 8.95. The lowest BCUT2D eigenvalue weighted by Gasteiger charge is -2.35. The normalized spacial score (nSPS) is 13.8. The molecule has 0 bridgehead atoms. The van der Waals surface area contributed by atoms with Crippen molar-refractivity contribution in [2.24, 2.45) is 0 Å². The number of aromatic nitrogens is 1. The average molecular weight is 382 g/mol. The fourth-order valence-electron chi connectivity index (χ4n) is 3.09. The van der Waals surface area contributed by atoms with Crippen molar-refractivity contribution in [3.63, 3.8) is 0 Å². The van der Waals surface area contributed by atoms with Gasteiger partial charge in [-0.15, -0.1) is 0 Å². The van der Waals surface area contributed by atoms with Gasteiger partial charge in [0.15, 0.2) is 0 Å². The highest BCUT2D eigenvalue weighted by Crippen LogP contribution is 2.20. The molecule has 2 amide bonds. The zero-order chi connectivity index (χ0) is 20.1. The van der Waals surface area contributed by atoms with Crippen LogP contribution in [0.2, 0.25) is 0 Å². The third-order valence-corrected chi connectivity index (χ3v) is 4.65. The molecule has 8 nitrogen and oxygen atoms in total. The maximum absolute atomic E-state index is 12.7. The summed E-state index contributed by atoms with van der Waals surface area (Å²) in [5.41, 5.74) is 1.74. The molecule has 1 aromatic heterocycles. The highest BCUT2D eigenvalue weighted by molar-refractivity contribution is 6.07. The molecule has 146 valence electrons. The minimum Gasteiger partial charge on any atom is -0.465 e. The van der Waals surface area contributed by atoms with Gasteiger partial charge in [-0.05, 0) is 24.3 Å². The monoisotopic (exact) mass is 382 g/mol. The number of hydrogen-bond acceptors (Lipinski definition) is 6. The predicted octanol–water partition coefficient (Wildman–Crippen LogP) is 1.79. The first-order valence-electron chi connectivity index (χ1n) is 8.95. The largest absolute Gasteiger partial charge is 0.465 e. The van der Waals surface area contributed by atoms with Crippen LogP contribution >= 0.6 is 0 Å². The van der Waals surface area contributed by atoms with Gasteiger partial charge in [0.25, 0.3) is 5.91 Å². The average Bonchev–Trinajstić information content (AvgIpc) is 2.73. The molecule has 1 aliphatic rings. The Kier molecular flexibility index (Phi) is 5.88. The summed E-state index contributed by atoms with van der Waals surface area (Å²) >= 11 is 0. The van der Waals surface area contributed by atoms with E-state index < -0.39 is 11.9 Å². The number of ether oxygens (including phenoxy) is 1. The van der Waals surface area contributed by atoms with Crippen LogP contribution in [0.3, 0.4) is 0 Å². The summed E-state index contributed by atoms with van der Waals surface area (Å²) in [5.74, 6) is -0.875. The molecule has 1 N–H and O–H groups in total. The second kappa shape index (κ2) is 8.51. The number of nitrogens with one attached hydrogen (secondary N) is 1. The number of benzene rings is 1. The summed E-state index contributed by atoms with van der Waals surface area (Å²) < 4.78 is 4.75. The summed E-state index contributed by atoms with van der Waals surface area (Å²) in [5, 5.41) is 2.72. The number of esters is 1. The Hall–Kier alpha value is -3.42. The van der Waals surface area contributed by atoms with Gasteiger partial charge in [-0.2, -0.15) is 0 Å². The maximum Gasteiger partial charge on any atom is 0.339 e. The molecule has 28 heavy (non-hydrogen) atoms. The SMILES string of the molecule is COC(=O)c1ccccc1NC(=O)c1cc(N2CCN(C(C)=O)CC2)ccn1. The van der Waals surface area contributed by atoms with Crippen LogP contribution in [0.5, 0.6) is 0 Å². The lowest BCUT2D eigenvalue weighted by molar-refractivity contribution is -0.129. The molecule has 0 spiro atoms. The number of piperazine rings is 1. The number of anilines is 2. The molecule has 8 heteroatoms.